The number of pyridine rings is 1. The molecule has 1 aromatic heterocycles. The first-order valence-corrected chi connectivity index (χ1v) is 6.74. The number of hydrogen-bond donors (Lipinski definition) is 1. The molecule has 0 bridgehead atoms. The molecule has 116 valence electrons. The Bertz CT molecular complexity index is 474. The number of amides is 1. The summed E-state index contributed by atoms with van der Waals surface area (Å²) in [4.78, 5) is 27.0. The van der Waals surface area contributed by atoms with E-state index in [4.69, 9.17) is 14.2 Å². The number of methoxy groups -OCH3 is 1. The molecule has 0 radical (unpaired) electrons. The maximum absolute atomic E-state index is 11.6. The van der Waals surface area contributed by atoms with E-state index in [1.54, 1.807) is 12.1 Å². The number of nitrogens with one attached hydrogen (secondary N) is 1. The number of carbonyl (C=O) groups is 2. The van der Waals surface area contributed by atoms with Crippen LogP contribution in [0.15, 0.2) is 18.3 Å². The Labute approximate surface area is 123 Å². The van der Waals surface area contributed by atoms with Crippen LogP contribution in [-0.4, -0.2) is 36.8 Å². The third kappa shape index (κ3) is 5.68. The van der Waals surface area contributed by atoms with Crippen LogP contribution in [0.25, 0.3) is 0 Å². The van der Waals surface area contributed by atoms with Crippen molar-refractivity contribution in [1.29, 1.82) is 0 Å². The van der Waals surface area contributed by atoms with Crippen molar-refractivity contribution in [2.24, 2.45) is 0 Å². The van der Waals surface area contributed by atoms with Crippen LogP contribution >= 0.6 is 0 Å². The van der Waals surface area contributed by atoms with Gasteiger partial charge in [-0.05, 0) is 25.0 Å². The number of nitrogens with zero attached hydrogens (tertiary/aromatic N) is 1. The fourth-order valence-electron chi connectivity index (χ4n) is 1.56. The van der Waals surface area contributed by atoms with Crippen LogP contribution in [0.2, 0.25) is 0 Å². The van der Waals surface area contributed by atoms with Crippen LogP contribution < -0.4 is 14.8 Å². The second-order valence-electron chi connectivity index (χ2n) is 4.18. The van der Waals surface area contributed by atoms with Gasteiger partial charge in [-0.15, -0.1) is 0 Å². The smallest absolute Gasteiger partial charge is 0.414 e. The first kappa shape index (κ1) is 16.7. The van der Waals surface area contributed by atoms with Crippen molar-refractivity contribution in [1.82, 2.24) is 10.3 Å². The molecule has 0 spiro atoms. The molecule has 0 unspecified atom stereocenters. The molecule has 0 saturated heterocycles. The van der Waals surface area contributed by atoms with Gasteiger partial charge in [0.2, 0.25) is 0 Å². The molecule has 21 heavy (non-hydrogen) atoms. The third-order valence-corrected chi connectivity index (χ3v) is 2.73. The van der Waals surface area contributed by atoms with Gasteiger partial charge in [-0.2, -0.15) is 0 Å². The van der Waals surface area contributed by atoms with E-state index in [0.29, 0.717) is 5.75 Å². The van der Waals surface area contributed by atoms with Gasteiger partial charge in [0.1, 0.15) is 12.6 Å². The van der Waals surface area contributed by atoms with E-state index < -0.39 is 12.1 Å². The highest BCUT2D eigenvalue weighted by atomic mass is 16.6. The van der Waals surface area contributed by atoms with E-state index in [2.05, 4.69) is 10.3 Å². The van der Waals surface area contributed by atoms with Gasteiger partial charge in [0.05, 0.1) is 7.11 Å². The molecule has 0 aliphatic carbocycles. The Kier molecular flexibility index (Phi) is 7.00. The van der Waals surface area contributed by atoms with Crippen LogP contribution in [0.1, 0.15) is 26.7 Å². The number of aromatic nitrogens is 1. The van der Waals surface area contributed by atoms with E-state index in [9.17, 15) is 9.59 Å². The average molecular weight is 296 g/mol. The highest BCUT2D eigenvalue weighted by Crippen LogP contribution is 2.22. The van der Waals surface area contributed by atoms with Gasteiger partial charge in [0.25, 0.3) is 5.88 Å². The zero-order valence-electron chi connectivity index (χ0n) is 12.4. The van der Waals surface area contributed by atoms with Gasteiger partial charge in [-0.3, -0.25) is 4.79 Å². The van der Waals surface area contributed by atoms with Crippen LogP contribution in [0.5, 0.6) is 11.6 Å². The standard InChI is InChI=1S/C14H20N2O5/c1-4-10(5-2)20-12(17)9-16-14(18)21-13-11(19-3)7-6-8-15-13/h6-8,10H,4-5,9H2,1-3H3,(H,16,18). The van der Waals surface area contributed by atoms with Crippen molar-refractivity contribution < 1.29 is 23.8 Å². The molecule has 7 nitrogen and oxygen atoms in total. The number of rotatable bonds is 7. The summed E-state index contributed by atoms with van der Waals surface area (Å²) in [5.74, 6) is -0.147. The van der Waals surface area contributed by atoms with Crippen molar-refractivity contribution in [3.05, 3.63) is 18.3 Å². The number of ether oxygens (including phenoxy) is 3. The lowest BCUT2D eigenvalue weighted by Crippen LogP contribution is -2.34. The Hall–Kier alpha value is -2.31. The summed E-state index contributed by atoms with van der Waals surface area (Å²) in [6, 6.07) is 3.26. The fourth-order valence-corrected chi connectivity index (χ4v) is 1.56. The minimum absolute atomic E-state index is 0.0332. The topological polar surface area (TPSA) is 86.8 Å². The molecule has 0 fully saturated rings. The Morgan fingerprint density at radius 1 is 1.33 bits per heavy atom. The maximum atomic E-state index is 11.6. The van der Waals surface area contributed by atoms with E-state index >= 15 is 0 Å². The van der Waals surface area contributed by atoms with Gasteiger partial charge in [-0.1, -0.05) is 13.8 Å². The number of esters is 1. The average Bonchev–Trinajstić information content (AvgIpc) is 2.51. The van der Waals surface area contributed by atoms with E-state index in [0.717, 1.165) is 12.8 Å². The zero-order valence-corrected chi connectivity index (χ0v) is 12.4. The van der Waals surface area contributed by atoms with Gasteiger partial charge in [0, 0.05) is 6.20 Å². The Morgan fingerprint density at radius 3 is 2.67 bits per heavy atom. The summed E-state index contributed by atoms with van der Waals surface area (Å²) in [6.45, 7) is 3.59. The van der Waals surface area contributed by atoms with E-state index in [1.807, 2.05) is 13.8 Å². The highest BCUT2D eigenvalue weighted by molar-refractivity contribution is 5.79. The first-order valence-electron chi connectivity index (χ1n) is 6.74. The van der Waals surface area contributed by atoms with Crippen molar-refractivity contribution in [3.63, 3.8) is 0 Å². The molecule has 1 heterocycles. The molecular formula is C14H20N2O5. The molecular weight excluding hydrogens is 276 g/mol. The van der Waals surface area contributed by atoms with Crippen molar-refractivity contribution in [3.8, 4) is 11.6 Å². The molecule has 1 aromatic rings. The summed E-state index contributed by atoms with van der Waals surface area (Å²) >= 11 is 0. The highest BCUT2D eigenvalue weighted by Gasteiger charge is 2.14. The SMILES string of the molecule is CCC(CC)OC(=O)CNC(=O)Oc1ncccc1OC. The lowest BCUT2D eigenvalue weighted by molar-refractivity contribution is -0.148. The van der Waals surface area contributed by atoms with Gasteiger partial charge < -0.3 is 19.5 Å². The summed E-state index contributed by atoms with van der Waals surface area (Å²) in [5, 5.41) is 2.30. The molecule has 1 N–H and O–H groups in total. The predicted molar refractivity (Wildman–Crippen MR) is 75.3 cm³/mol. The van der Waals surface area contributed by atoms with Crippen molar-refractivity contribution >= 4 is 12.1 Å². The Balaban J connectivity index is 2.42. The van der Waals surface area contributed by atoms with Crippen LogP contribution in [-0.2, 0) is 9.53 Å². The summed E-state index contributed by atoms with van der Waals surface area (Å²) in [7, 11) is 1.44. The minimum atomic E-state index is -0.798. The van der Waals surface area contributed by atoms with Crippen molar-refractivity contribution in [2.45, 2.75) is 32.8 Å². The molecule has 0 aliphatic heterocycles. The van der Waals surface area contributed by atoms with Crippen molar-refractivity contribution in [2.75, 3.05) is 13.7 Å². The molecule has 0 saturated carbocycles. The quantitative estimate of drug-likeness (QED) is 0.773. The number of hydrogen-bond acceptors (Lipinski definition) is 6. The summed E-state index contributed by atoms with van der Waals surface area (Å²) < 4.78 is 15.1. The molecule has 0 aliphatic rings. The molecule has 0 aromatic carbocycles. The van der Waals surface area contributed by atoms with Gasteiger partial charge in [-0.25, -0.2) is 9.78 Å². The van der Waals surface area contributed by atoms with Crippen LogP contribution in [0.4, 0.5) is 4.79 Å². The second-order valence-corrected chi connectivity index (χ2v) is 4.18. The zero-order chi connectivity index (χ0) is 15.7. The predicted octanol–water partition coefficient (Wildman–Crippen LogP) is 1.91. The maximum Gasteiger partial charge on any atom is 0.414 e. The monoisotopic (exact) mass is 296 g/mol. The fraction of sp³-hybridized carbons (Fsp3) is 0.500. The number of carbonyl (C=O) groups excluding carboxylic acids is 2. The molecule has 0 atom stereocenters. The van der Waals surface area contributed by atoms with E-state index in [-0.39, 0.29) is 18.5 Å². The van der Waals surface area contributed by atoms with E-state index in [1.165, 1.54) is 13.3 Å². The lowest BCUT2D eigenvalue weighted by Gasteiger charge is -2.14. The minimum Gasteiger partial charge on any atom is -0.491 e. The molecule has 1 amide bonds. The second kappa shape index (κ2) is 8.78. The third-order valence-electron chi connectivity index (χ3n) is 2.73. The van der Waals surface area contributed by atoms with Gasteiger partial charge in [0.15, 0.2) is 5.75 Å². The first-order chi connectivity index (χ1) is 10.1. The van der Waals surface area contributed by atoms with Crippen LogP contribution in [0.3, 0.4) is 0 Å². The normalized spacial score (nSPS) is 10.1. The summed E-state index contributed by atoms with van der Waals surface area (Å²) in [6.07, 6.45) is 2.00. The largest absolute Gasteiger partial charge is 0.491 e. The summed E-state index contributed by atoms with van der Waals surface area (Å²) in [5.41, 5.74) is 0. The lowest BCUT2D eigenvalue weighted by atomic mass is 10.2. The Morgan fingerprint density at radius 2 is 2.05 bits per heavy atom. The molecule has 7 heteroatoms. The molecule has 1 rings (SSSR count). The van der Waals surface area contributed by atoms with Crippen LogP contribution in [0, 0.1) is 0 Å². The van der Waals surface area contributed by atoms with Gasteiger partial charge >= 0.3 is 12.1 Å².